The lowest BCUT2D eigenvalue weighted by Gasteiger charge is -2.20. The maximum atomic E-state index is 11.3. The van der Waals surface area contributed by atoms with E-state index in [0.29, 0.717) is 16.4 Å². The van der Waals surface area contributed by atoms with Gasteiger partial charge in [-0.3, -0.25) is 0 Å². The van der Waals surface area contributed by atoms with Crippen molar-refractivity contribution in [2.24, 2.45) is 0 Å². The van der Waals surface area contributed by atoms with E-state index in [1.165, 1.54) is 6.07 Å². The SMILES string of the molecule is O=C(O)c1cc2nc(-c3cccc(Cl)c3)cc(C3C=CC=CC3Cl)n2n1. The Kier molecular flexibility index (Phi) is 4.26. The number of carbonyl (C=O) groups is 1. The number of rotatable bonds is 3. The Labute approximate surface area is 159 Å². The number of carboxylic acids is 1. The van der Waals surface area contributed by atoms with E-state index in [0.717, 1.165) is 11.3 Å². The number of allylic oxidation sites excluding steroid dienone is 4. The first kappa shape index (κ1) is 16.8. The van der Waals surface area contributed by atoms with Gasteiger partial charge in [0.1, 0.15) is 0 Å². The van der Waals surface area contributed by atoms with E-state index in [4.69, 9.17) is 23.2 Å². The van der Waals surface area contributed by atoms with Crippen LogP contribution in [0, 0.1) is 0 Å². The van der Waals surface area contributed by atoms with E-state index in [1.54, 1.807) is 10.6 Å². The summed E-state index contributed by atoms with van der Waals surface area (Å²) in [6.07, 6.45) is 7.65. The van der Waals surface area contributed by atoms with Crippen molar-refractivity contribution < 1.29 is 9.90 Å². The molecule has 0 saturated heterocycles. The summed E-state index contributed by atoms with van der Waals surface area (Å²) in [6.45, 7) is 0. The van der Waals surface area contributed by atoms with E-state index in [-0.39, 0.29) is 17.0 Å². The van der Waals surface area contributed by atoms with Crippen molar-refractivity contribution in [2.75, 3.05) is 0 Å². The molecule has 2 aromatic heterocycles. The van der Waals surface area contributed by atoms with Gasteiger partial charge in [0, 0.05) is 22.6 Å². The summed E-state index contributed by atoms with van der Waals surface area (Å²) in [5.41, 5.74) is 2.66. The number of nitrogens with zero attached hydrogens (tertiary/aromatic N) is 3. The molecule has 0 spiro atoms. The smallest absolute Gasteiger partial charge is 0.356 e. The molecule has 3 aromatic rings. The minimum Gasteiger partial charge on any atom is -0.476 e. The monoisotopic (exact) mass is 385 g/mol. The van der Waals surface area contributed by atoms with E-state index < -0.39 is 5.97 Å². The van der Waals surface area contributed by atoms with Gasteiger partial charge in [0.2, 0.25) is 0 Å². The van der Waals surface area contributed by atoms with Gasteiger partial charge in [-0.1, -0.05) is 48.0 Å². The maximum absolute atomic E-state index is 11.3. The van der Waals surface area contributed by atoms with Crippen LogP contribution in [0.25, 0.3) is 16.9 Å². The molecule has 1 N–H and O–H groups in total. The fourth-order valence-electron chi connectivity index (χ4n) is 2.98. The Morgan fingerprint density at radius 1 is 1.15 bits per heavy atom. The van der Waals surface area contributed by atoms with Crippen LogP contribution in [0.1, 0.15) is 22.1 Å². The predicted molar refractivity (Wildman–Crippen MR) is 101 cm³/mol. The molecule has 1 aliphatic rings. The Morgan fingerprint density at radius 2 is 1.96 bits per heavy atom. The number of hydrogen-bond acceptors (Lipinski definition) is 3. The van der Waals surface area contributed by atoms with Crippen molar-refractivity contribution >= 4 is 34.8 Å². The summed E-state index contributed by atoms with van der Waals surface area (Å²) in [5.74, 6) is -1.26. The summed E-state index contributed by atoms with van der Waals surface area (Å²) in [6, 6.07) is 10.7. The van der Waals surface area contributed by atoms with E-state index in [2.05, 4.69) is 10.1 Å². The zero-order valence-corrected chi connectivity index (χ0v) is 14.9. The normalized spacial score (nSPS) is 19.2. The van der Waals surface area contributed by atoms with Crippen LogP contribution >= 0.6 is 23.2 Å². The molecular formula is C19H13Cl2N3O2. The van der Waals surface area contributed by atoms with Gasteiger partial charge in [0.05, 0.1) is 16.8 Å². The first-order valence-corrected chi connectivity index (χ1v) is 8.73. The lowest BCUT2D eigenvalue weighted by atomic mass is 9.95. The van der Waals surface area contributed by atoms with Gasteiger partial charge >= 0.3 is 5.97 Å². The molecule has 26 heavy (non-hydrogen) atoms. The molecule has 0 fully saturated rings. The molecule has 7 heteroatoms. The second-order valence-corrected chi connectivity index (χ2v) is 6.86. The average Bonchev–Trinajstić information content (AvgIpc) is 3.06. The number of fused-ring (bicyclic) bond motifs is 1. The highest BCUT2D eigenvalue weighted by Gasteiger charge is 2.24. The van der Waals surface area contributed by atoms with Crippen LogP contribution in [-0.4, -0.2) is 31.1 Å². The number of alkyl halides is 1. The first-order chi connectivity index (χ1) is 12.5. The zero-order chi connectivity index (χ0) is 18.3. The number of benzene rings is 1. The van der Waals surface area contributed by atoms with Crippen LogP contribution in [0.3, 0.4) is 0 Å². The van der Waals surface area contributed by atoms with Crippen LogP contribution in [0.15, 0.2) is 60.7 Å². The minimum atomic E-state index is -1.10. The second-order valence-electron chi connectivity index (χ2n) is 5.92. The van der Waals surface area contributed by atoms with Crippen LogP contribution in [-0.2, 0) is 0 Å². The highest BCUT2D eigenvalue weighted by Crippen LogP contribution is 2.32. The Balaban J connectivity index is 1.96. The molecule has 4 rings (SSSR count). The molecule has 0 aliphatic heterocycles. The molecule has 1 aromatic carbocycles. The largest absolute Gasteiger partial charge is 0.476 e. The molecule has 0 radical (unpaired) electrons. The van der Waals surface area contributed by atoms with Crippen molar-refractivity contribution in [3.63, 3.8) is 0 Å². The average molecular weight is 386 g/mol. The summed E-state index contributed by atoms with van der Waals surface area (Å²) >= 11 is 12.6. The fourth-order valence-corrected chi connectivity index (χ4v) is 3.46. The summed E-state index contributed by atoms with van der Waals surface area (Å²) in [5, 5.41) is 13.8. The van der Waals surface area contributed by atoms with Crippen molar-refractivity contribution in [3.05, 3.63) is 77.1 Å². The van der Waals surface area contributed by atoms with Crippen LogP contribution in [0.5, 0.6) is 0 Å². The zero-order valence-electron chi connectivity index (χ0n) is 13.4. The maximum Gasteiger partial charge on any atom is 0.356 e. The lowest BCUT2D eigenvalue weighted by Crippen LogP contribution is -2.15. The third kappa shape index (κ3) is 3.00. The van der Waals surface area contributed by atoms with Gasteiger partial charge in [0.15, 0.2) is 11.3 Å². The molecule has 1 aliphatic carbocycles. The molecule has 2 unspecified atom stereocenters. The quantitative estimate of drug-likeness (QED) is 0.670. The third-order valence-electron chi connectivity index (χ3n) is 4.20. The van der Waals surface area contributed by atoms with E-state index >= 15 is 0 Å². The number of hydrogen-bond donors (Lipinski definition) is 1. The van der Waals surface area contributed by atoms with Gasteiger partial charge in [0.25, 0.3) is 0 Å². The fraction of sp³-hybridized carbons (Fsp3) is 0.105. The number of aromatic carboxylic acids is 1. The second kappa shape index (κ2) is 6.59. The van der Waals surface area contributed by atoms with E-state index in [9.17, 15) is 9.90 Å². The molecule has 5 nitrogen and oxygen atoms in total. The van der Waals surface area contributed by atoms with Gasteiger partial charge in [-0.25, -0.2) is 14.3 Å². The molecule has 0 saturated carbocycles. The lowest BCUT2D eigenvalue weighted by molar-refractivity contribution is 0.0690. The topological polar surface area (TPSA) is 67.5 Å². The summed E-state index contributed by atoms with van der Waals surface area (Å²) < 4.78 is 1.54. The van der Waals surface area contributed by atoms with Crippen molar-refractivity contribution in [2.45, 2.75) is 11.3 Å². The Morgan fingerprint density at radius 3 is 2.69 bits per heavy atom. The minimum absolute atomic E-state index is 0.0663. The molecule has 130 valence electrons. The number of aromatic nitrogens is 3. The first-order valence-electron chi connectivity index (χ1n) is 7.92. The molecule has 0 bridgehead atoms. The Bertz CT molecular complexity index is 1070. The highest BCUT2D eigenvalue weighted by atomic mass is 35.5. The predicted octanol–water partition coefficient (Wildman–Crippen LogP) is 4.56. The summed E-state index contributed by atoms with van der Waals surface area (Å²) in [7, 11) is 0. The summed E-state index contributed by atoms with van der Waals surface area (Å²) in [4.78, 5) is 15.9. The van der Waals surface area contributed by atoms with Gasteiger partial charge in [-0.15, -0.1) is 11.6 Å². The van der Waals surface area contributed by atoms with Crippen LogP contribution < -0.4 is 0 Å². The third-order valence-corrected chi connectivity index (χ3v) is 4.86. The molecule has 2 heterocycles. The molecule has 0 amide bonds. The molecule has 2 atom stereocenters. The Hall–Kier alpha value is -2.63. The van der Waals surface area contributed by atoms with Crippen LogP contribution in [0.4, 0.5) is 0 Å². The van der Waals surface area contributed by atoms with Crippen molar-refractivity contribution in [3.8, 4) is 11.3 Å². The highest BCUT2D eigenvalue weighted by molar-refractivity contribution is 6.30. The van der Waals surface area contributed by atoms with Gasteiger partial charge in [-0.05, 0) is 18.2 Å². The van der Waals surface area contributed by atoms with Gasteiger partial charge < -0.3 is 5.11 Å². The number of halogens is 2. The van der Waals surface area contributed by atoms with E-state index in [1.807, 2.05) is 48.6 Å². The van der Waals surface area contributed by atoms with Crippen LogP contribution in [0.2, 0.25) is 5.02 Å². The van der Waals surface area contributed by atoms with Crippen molar-refractivity contribution in [1.29, 1.82) is 0 Å². The standard InChI is InChI=1S/C19H13Cl2N3O2/c20-12-5-3-4-11(8-12)15-9-17(13-6-1-2-7-14(13)21)24-18(22-15)10-16(23-24)19(25)26/h1-10,13-14H,(H,25,26). The number of carboxylic acid groups (broad SMARTS) is 1. The molecular weight excluding hydrogens is 373 g/mol. The van der Waals surface area contributed by atoms with Gasteiger partial charge in [-0.2, -0.15) is 5.10 Å². The van der Waals surface area contributed by atoms with Crippen molar-refractivity contribution in [1.82, 2.24) is 14.6 Å².